The van der Waals surface area contributed by atoms with E-state index in [4.69, 9.17) is 0 Å². The molecule has 0 bridgehead atoms. The zero-order valence-corrected chi connectivity index (χ0v) is 6.16. The Morgan fingerprint density at radius 3 is 3.18 bits per heavy atom. The van der Waals surface area contributed by atoms with Gasteiger partial charge >= 0.3 is 0 Å². The van der Waals surface area contributed by atoms with Crippen LogP contribution >= 0.6 is 0 Å². The third-order valence-corrected chi connectivity index (χ3v) is 1.70. The van der Waals surface area contributed by atoms with E-state index in [0.717, 1.165) is 12.2 Å². The molecule has 58 valence electrons. The Morgan fingerprint density at radius 1 is 1.64 bits per heavy atom. The number of nitrogens with zero attached hydrogens (tertiary/aromatic N) is 3. The minimum atomic E-state index is -0.00963. The summed E-state index contributed by atoms with van der Waals surface area (Å²) in [5.41, 5.74) is 0. The lowest BCUT2D eigenvalue weighted by atomic mass is 10.4. The van der Waals surface area contributed by atoms with Crippen molar-refractivity contribution < 1.29 is 4.79 Å². The van der Waals surface area contributed by atoms with Crippen LogP contribution in [0.4, 0.5) is 5.95 Å². The molecule has 2 heterocycles. The number of amides is 1. The molecule has 2 rings (SSSR count). The second kappa shape index (κ2) is 2.05. The van der Waals surface area contributed by atoms with Gasteiger partial charge in [-0.3, -0.25) is 14.7 Å². The van der Waals surface area contributed by atoms with Crippen molar-refractivity contribution in [3.05, 3.63) is 5.82 Å². The molecule has 0 radical (unpaired) electrons. The molecule has 0 aromatic carbocycles. The second-order valence-electron chi connectivity index (χ2n) is 2.43. The second-order valence-corrected chi connectivity index (χ2v) is 2.43. The predicted molar refractivity (Wildman–Crippen MR) is 38.0 cm³/mol. The fraction of sp³-hybridized carbons (Fsp3) is 0.500. The van der Waals surface area contributed by atoms with Gasteiger partial charge in [0.1, 0.15) is 12.4 Å². The number of nitrogens with one attached hydrogen (secondary N) is 1. The minimum Gasteiger partial charge on any atom is -0.293 e. The molecule has 11 heavy (non-hydrogen) atoms. The molecular formula is C6H8N4O. The molecule has 0 saturated carbocycles. The Bertz CT molecular complexity index is 304. The lowest BCUT2D eigenvalue weighted by Gasteiger charge is -1.93. The number of rotatable bonds is 1. The number of hydrogen-bond donors (Lipinski definition) is 1. The highest BCUT2D eigenvalue weighted by Crippen LogP contribution is 2.13. The van der Waals surface area contributed by atoms with E-state index in [2.05, 4.69) is 15.5 Å². The summed E-state index contributed by atoms with van der Waals surface area (Å²) in [4.78, 5) is 10.8. The Balaban J connectivity index is 2.44. The number of carbonyl (C=O) groups excluding carboxylic acids is 1. The van der Waals surface area contributed by atoms with Crippen molar-refractivity contribution in [2.45, 2.75) is 19.9 Å². The van der Waals surface area contributed by atoms with Gasteiger partial charge in [-0.25, -0.2) is 0 Å². The fourth-order valence-electron chi connectivity index (χ4n) is 1.16. The standard InChI is InChI=1S/C6H8N4O/c1-2-4-8-9-6-7-5(11)3-10(4)6/h2-3H2,1H3,(H,7,9,11). The average Bonchev–Trinajstić information content (AvgIpc) is 2.45. The van der Waals surface area contributed by atoms with E-state index in [1.807, 2.05) is 6.92 Å². The van der Waals surface area contributed by atoms with Crippen LogP contribution in [0.3, 0.4) is 0 Å². The van der Waals surface area contributed by atoms with Crippen LogP contribution in [-0.2, 0) is 17.8 Å². The molecule has 0 aliphatic carbocycles. The van der Waals surface area contributed by atoms with E-state index in [-0.39, 0.29) is 5.91 Å². The van der Waals surface area contributed by atoms with Crippen LogP contribution in [0.25, 0.3) is 0 Å². The van der Waals surface area contributed by atoms with Crippen LogP contribution in [0, 0.1) is 0 Å². The molecule has 1 aliphatic rings. The number of fused-ring (bicyclic) bond motifs is 1. The van der Waals surface area contributed by atoms with Gasteiger partial charge in [0, 0.05) is 6.42 Å². The van der Waals surface area contributed by atoms with Crippen LogP contribution in [0.5, 0.6) is 0 Å². The number of hydrogen-bond acceptors (Lipinski definition) is 3. The van der Waals surface area contributed by atoms with Gasteiger partial charge in [0.15, 0.2) is 0 Å². The van der Waals surface area contributed by atoms with Crippen LogP contribution in [-0.4, -0.2) is 20.7 Å². The topological polar surface area (TPSA) is 59.8 Å². The Hall–Kier alpha value is -1.39. The van der Waals surface area contributed by atoms with E-state index < -0.39 is 0 Å². The summed E-state index contributed by atoms with van der Waals surface area (Å²) in [6.45, 7) is 2.35. The molecule has 0 atom stereocenters. The summed E-state index contributed by atoms with van der Waals surface area (Å²) < 4.78 is 1.79. The molecule has 1 N–H and O–H groups in total. The van der Waals surface area contributed by atoms with Crippen molar-refractivity contribution in [2.24, 2.45) is 0 Å². The fourth-order valence-corrected chi connectivity index (χ4v) is 1.16. The average molecular weight is 152 g/mol. The van der Waals surface area contributed by atoms with Crippen molar-refractivity contribution in [1.82, 2.24) is 14.8 Å². The quantitative estimate of drug-likeness (QED) is 0.605. The maximum absolute atomic E-state index is 10.8. The smallest absolute Gasteiger partial charge is 0.246 e. The summed E-state index contributed by atoms with van der Waals surface area (Å²) in [5.74, 6) is 1.43. The molecule has 0 saturated heterocycles. The lowest BCUT2D eigenvalue weighted by molar-refractivity contribution is -0.115. The Labute approximate surface area is 63.4 Å². The zero-order valence-electron chi connectivity index (χ0n) is 6.16. The highest BCUT2D eigenvalue weighted by atomic mass is 16.2. The largest absolute Gasteiger partial charge is 0.293 e. The summed E-state index contributed by atoms with van der Waals surface area (Å²) in [6.07, 6.45) is 0.807. The van der Waals surface area contributed by atoms with Crippen LogP contribution in [0.2, 0.25) is 0 Å². The van der Waals surface area contributed by atoms with Crippen LogP contribution in [0.1, 0.15) is 12.7 Å². The van der Waals surface area contributed by atoms with Gasteiger partial charge in [0.2, 0.25) is 11.9 Å². The first-order valence-electron chi connectivity index (χ1n) is 3.53. The molecule has 5 heteroatoms. The molecule has 1 aromatic rings. The number of aromatic nitrogens is 3. The summed E-state index contributed by atoms with van der Waals surface area (Å²) in [6, 6.07) is 0. The van der Waals surface area contributed by atoms with E-state index in [1.54, 1.807) is 4.57 Å². The molecule has 1 aliphatic heterocycles. The lowest BCUT2D eigenvalue weighted by Crippen LogP contribution is -2.08. The summed E-state index contributed by atoms with van der Waals surface area (Å²) >= 11 is 0. The first-order chi connectivity index (χ1) is 5.31. The van der Waals surface area contributed by atoms with Gasteiger partial charge in [-0.1, -0.05) is 6.92 Å². The van der Waals surface area contributed by atoms with Gasteiger partial charge < -0.3 is 0 Å². The highest BCUT2D eigenvalue weighted by molar-refractivity contribution is 5.92. The zero-order chi connectivity index (χ0) is 7.84. The Morgan fingerprint density at radius 2 is 2.45 bits per heavy atom. The first-order valence-corrected chi connectivity index (χ1v) is 3.53. The summed E-state index contributed by atoms with van der Waals surface area (Å²) in [7, 11) is 0. The third kappa shape index (κ3) is 0.806. The van der Waals surface area contributed by atoms with Crippen LogP contribution < -0.4 is 5.32 Å². The van der Waals surface area contributed by atoms with Crippen molar-refractivity contribution in [3.8, 4) is 0 Å². The van der Waals surface area contributed by atoms with E-state index in [1.165, 1.54) is 0 Å². The molecule has 5 nitrogen and oxygen atoms in total. The van der Waals surface area contributed by atoms with E-state index >= 15 is 0 Å². The number of anilines is 1. The molecule has 0 spiro atoms. The molecule has 0 unspecified atom stereocenters. The van der Waals surface area contributed by atoms with Crippen LogP contribution in [0.15, 0.2) is 0 Å². The van der Waals surface area contributed by atoms with Crippen molar-refractivity contribution in [1.29, 1.82) is 0 Å². The number of aryl methyl sites for hydroxylation is 1. The number of carbonyl (C=O) groups is 1. The third-order valence-electron chi connectivity index (χ3n) is 1.70. The van der Waals surface area contributed by atoms with Crippen molar-refractivity contribution in [2.75, 3.05) is 5.32 Å². The van der Waals surface area contributed by atoms with Crippen molar-refractivity contribution >= 4 is 11.9 Å². The SMILES string of the molecule is CCc1nnc2n1CC(=O)N2. The molecule has 1 amide bonds. The molecule has 0 fully saturated rings. The van der Waals surface area contributed by atoms with E-state index in [9.17, 15) is 4.79 Å². The van der Waals surface area contributed by atoms with Gasteiger partial charge in [0.25, 0.3) is 0 Å². The van der Waals surface area contributed by atoms with Gasteiger partial charge in [0.05, 0.1) is 0 Å². The first kappa shape index (κ1) is 6.33. The van der Waals surface area contributed by atoms with Crippen molar-refractivity contribution in [3.63, 3.8) is 0 Å². The highest BCUT2D eigenvalue weighted by Gasteiger charge is 2.21. The maximum atomic E-state index is 10.8. The Kier molecular flexibility index (Phi) is 1.18. The normalized spacial score (nSPS) is 14.8. The molecular weight excluding hydrogens is 144 g/mol. The van der Waals surface area contributed by atoms with E-state index in [0.29, 0.717) is 12.5 Å². The van der Waals surface area contributed by atoms with Gasteiger partial charge in [-0.2, -0.15) is 0 Å². The van der Waals surface area contributed by atoms with Gasteiger partial charge in [-0.15, -0.1) is 10.2 Å². The predicted octanol–water partition coefficient (Wildman–Crippen LogP) is -0.207. The maximum Gasteiger partial charge on any atom is 0.246 e. The molecule has 1 aromatic heterocycles. The summed E-state index contributed by atoms with van der Waals surface area (Å²) in [5, 5.41) is 10.3. The van der Waals surface area contributed by atoms with Gasteiger partial charge in [-0.05, 0) is 0 Å². The monoisotopic (exact) mass is 152 g/mol. The minimum absolute atomic E-state index is 0.00963.